The average Bonchev–Trinajstić information content (AvgIpc) is 3.29. The van der Waals surface area contributed by atoms with Crippen LogP contribution in [-0.2, 0) is 19.7 Å². The Hall–Kier alpha value is -4.23. The van der Waals surface area contributed by atoms with Crippen LogP contribution in [0.25, 0.3) is 44.4 Å². The number of H-pyrrole nitrogens is 1. The number of rotatable bonds is 4. The molecule has 0 unspecified atom stereocenters. The minimum Gasteiger partial charge on any atom is -0.386 e. The third kappa shape index (κ3) is 3.97. The highest BCUT2D eigenvalue weighted by Crippen LogP contribution is 2.36. The van der Waals surface area contributed by atoms with E-state index >= 15 is 0 Å². The number of aliphatic hydroxyl groups is 1. The Morgan fingerprint density at radius 2 is 1.53 bits per heavy atom. The molecule has 0 aliphatic rings. The van der Waals surface area contributed by atoms with Crippen LogP contribution in [0.3, 0.4) is 0 Å². The molecule has 2 aromatic carbocycles. The predicted octanol–water partition coefficient (Wildman–Crippen LogP) is 4.93. The first-order valence-corrected chi connectivity index (χ1v) is 11.6. The van der Waals surface area contributed by atoms with E-state index in [2.05, 4.69) is 4.98 Å². The quantitative estimate of drug-likeness (QED) is 0.380. The zero-order valence-electron chi connectivity index (χ0n) is 20.5. The number of pyridine rings is 2. The van der Waals surface area contributed by atoms with Gasteiger partial charge >= 0.3 is 0 Å². The van der Waals surface area contributed by atoms with Crippen molar-refractivity contribution in [3.05, 3.63) is 105 Å². The van der Waals surface area contributed by atoms with Crippen molar-refractivity contribution < 1.29 is 9.50 Å². The van der Waals surface area contributed by atoms with E-state index in [-0.39, 0.29) is 16.7 Å². The van der Waals surface area contributed by atoms with Gasteiger partial charge in [-0.25, -0.2) is 4.39 Å². The van der Waals surface area contributed by atoms with E-state index < -0.39 is 11.4 Å². The van der Waals surface area contributed by atoms with E-state index in [4.69, 9.17) is 0 Å². The van der Waals surface area contributed by atoms with Crippen LogP contribution < -0.4 is 11.1 Å². The lowest BCUT2D eigenvalue weighted by atomic mass is 9.94. The molecule has 0 aliphatic carbocycles. The number of halogens is 1. The molecular weight excluding hydrogens is 457 g/mol. The minimum absolute atomic E-state index is 0.157. The minimum atomic E-state index is -1.37. The van der Waals surface area contributed by atoms with Crippen LogP contribution in [0.15, 0.2) is 82.6 Å². The van der Waals surface area contributed by atoms with Crippen molar-refractivity contribution in [3.8, 4) is 33.5 Å². The van der Waals surface area contributed by atoms with Gasteiger partial charge in [0, 0.05) is 60.3 Å². The molecule has 0 spiro atoms. The van der Waals surface area contributed by atoms with E-state index in [9.17, 15) is 19.1 Å². The number of aromatic nitrogens is 3. The molecule has 182 valence electrons. The summed E-state index contributed by atoms with van der Waals surface area (Å²) >= 11 is 0. The average molecular weight is 484 g/mol. The summed E-state index contributed by atoms with van der Waals surface area (Å²) < 4.78 is 17.4. The summed E-state index contributed by atoms with van der Waals surface area (Å²) in [6.07, 6.45) is 3.53. The van der Waals surface area contributed by atoms with Crippen LogP contribution in [0.5, 0.6) is 0 Å². The van der Waals surface area contributed by atoms with Crippen LogP contribution in [0.4, 0.5) is 4.39 Å². The third-order valence-corrected chi connectivity index (χ3v) is 6.50. The second-order valence-corrected chi connectivity index (χ2v) is 9.60. The highest BCUT2D eigenvalue weighted by Gasteiger charge is 2.22. The normalized spacial score (nSPS) is 11.8. The summed E-state index contributed by atoms with van der Waals surface area (Å²) in [7, 11) is 3.37. The Kier molecular flexibility index (Phi) is 5.53. The lowest BCUT2D eigenvalue weighted by Gasteiger charge is -2.19. The van der Waals surface area contributed by atoms with E-state index in [1.54, 1.807) is 44.7 Å². The van der Waals surface area contributed by atoms with Crippen LogP contribution in [0.2, 0.25) is 0 Å². The first-order chi connectivity index (χ1) is 17.0. The molecule has 0 aliphatic heterocycles. The number of nitrogens with one attached hydrogen (secondary N) is 1. The van der Waals surface area contributed by atoms with Gasteiger partial charge in [-0.15, -0.1) is 0 Å². The van der Waals surface area contributed by atoms with Gasteiger partial charge in [0.15, 0.2) is 0 Å². The van der Waals surface area contributed by atoms with Gasteiger partial charge in [-0.2, -0.15) is 0 Å². The van der Waals surface area contributed by atoms with E-state index in [0.717, 1.165) is 16.7 Å². The number of aryl methyl sites for hydroxylation is 2. The summed E-state index contributed by atoms with van der Waals surface area (Å²) in [4.78, 5) is 29.0. The van der Waals surface area contributed by atoms with Gasteiger partial charge in [-0.1, -0.05) is 30.3 Å². The molecule has 3 aromatic heterocycles. The van der Waals surface area contributed by atoms with E-state index in [1.165, 1.54) is 29.0 Å². The van der Waals surface area contributed by atoms with E-state index in [0.29, 0.717) is 27.7 Å². The molecule has 7 heteroatoms. The second-order valence-electron chi connectivity index (χ2n) is 9.60. The van der Waals surface area contributed by atoms with Gasteiger partial charge in [0.05, 0.1) is 5.60 Å². The fourth-order valence-electron chi connectivity index (χ4n) is 4.57. The summed E-state index contributed by atoms with van der Waals surface area (Å²) in [5.74, 6) is -0.508. The smallest absolute Gasteiger partial charge is 0.274 e. The number of fused-ring (bicyclic) bond motifs is 1. The maximum Gasteiger partial charge on any atom is 0.274 e. The lowest BCUT2D eigenvalue weighted by molar-refractivity contribution is 0.0746. The Bertz CT molecular complexity index is 1740. The number of hydrogen-bond donors (Lipinski definition) is 2. The monoisotopic (exact) mass is 483 g/mol. The van der Waals surface area contributed by atoms with Crippen molar-refractivity contribution in [1.29, 1.82) is 0 Å². The molecule has 0 saturated carbocycles. The van der Waals surface area contributed by atoms with Gasteiger partial charge in [-0.3, -0.25) is 9.59 Å². The topological polar surface area (TPSA) is 80.0 Å². The van der Waals surface area contributed by atoms with Crippen molar-refractivity contribution in [3.63, 3.8) is 0 Å². The van der Waals surface area contributed by atoms with Gasteiger partial charge in [0.25, 0.3) is 11.1 Å². The van der Waals surface area contributed by atoms with Crippen molar-refractivity contribution in [2.75, 3.05) is 0 Å². The summed E-state index contributed by atoms with van der Waals surface area (Å²) in [5, 5.41) is 11.1. The molecule has 5 rings (SSSR count). The highest BCUT2D eigenvalue weighted by atomic mass is 19.1. The van der Waals surface area contributed by atoms with Gasteiger partial charge in [0.1, 0.15) is 11.3 Å². The third-order valence-electron chi connectivity index (χ3n) is 6.50. The molecule has 0 atom stereocenters. The molecule has 0 radical (unpaired) electrons. The largest absolute Gasteiger partial charge is 0.386 e. The maximum atomic E-state index is 14.4. The first-order valence-electron chi connectivity index (χ1n) is 11.6. The summed E-state index contributed by atoms with van der Waals surface area (Å²) in [6, 6.07) is 17.7. The van der Waals surface area contributed by atoms with Crippen molar-refractivity contribution in [2.24, 2.45) is 14.1 Å². The Balaban J connectivity index is 1.80. The van der Waals surface area contributed by atoms with Gasteiger partial charge in [-0.05, 0) is 54.8 Å². The zero-order chi connectivity index (χ0) is 25.8. The highest BCUT2D eigenvalue weighted by molar-refractivity contribution is 6.00. The number of hydrogen-bond acceptors (Lipinski definition) is 3. The Morgan fingerprint density at radius 3 is 2.22 bits per heavy atom. The molecule has 3 heterocycles. The van der Waals surface area contributed by atoms with Crippen molar-refractivity contribution in [2.45, 2.75) is 19.4 Å². The molecule has 6 nitrogen and oxygen atoms in total. The molecule has 2 N–H and O–H groups in total. The van der Waals surface area contributed by atoms with Gasteiger partial charge in [0.2, 0.25) is 0 Å². The standard InChI is InChI=1S/C29H26FN3O3/c1-29(2,36)23-12-18(10-11-24(23)30)25-13-20-22(16-33(4)28(35)27(20)31-25)19-14-26(34)32(3)15-21(19)17-8-6-5-7-9-17/h5-16,31,36H,1-4H3. The predicted molar refractivity (Wildman–Crippen MR) is 140 cm³/mol. The van der Waals surface area contributed by atoms with Crippen molar-refractivity contribution >= 4 is 10.9 Å². The molecule has 0 fully saturated rings. The van der Waals surface area contributed by atoms with Crippen LogP contribution in [0.1, 0.15) is 19.4 Å². The fourth-order valence-corrected chi connectivity index (χ4v) is 4.57. The second kappa shape index (κ2) is 8.46. The Labute approximate surface area is 206 Å². The Morgan fingerprint density at radius 1 is 0.833 bits per heavy atom. The lowest BCUT2D eigenvalue weighted by Crippen LogP contribution is -2.18. The summed E-state index contributed by atoms with van der Waals surface area (Å²) in [6.45, 7) is 3.05. The van der Waals surface area contributed by atoms with Gasteiger partial charge < -0.3 is 19.2 Å². The first kappa shape index (κ1) is 23.5. The molecular formula is C29H26FN3O3. The van der Waals surface area contributed by atoms with E-state index in [1.807, 2.05) is 36.4 Å². The number of nitrogens with zero attached hydrogens (tertiary/aromatic N) is 2. The SMILES string of the molecule is Cn1cc(-c2ccccc2)c(-c2cn(C)c(=O)c3[nH]c(-c4ccc(F)c(C(C)(C)O)c4)cc23)cc1=O. The molecule has 0 bridgehead atoms. The summed E-state index contributed by atoms with van der Waals surface area (Å²) in [5.41, 5.74) is 3.20. The molecule has 0 saturated heterocycles. The van der Waals surface area contributed by atoms with Crippen LogP contribution >= 0.6 is 0 Å². The maximum absolute atomic E-state index is 14.4. The number of benzene rings is 2. The molecule has 0 amide bonds. The molecule has 5 aromatic rings. The fraction of sp³-hybridized carbons (Fsp3) is 0.172. The number of aromatic amines is 1. The van der Waals surface area contributed by atoms with Crippen LogP contribution in [0, 0.1) is 5.82 Å². The zero-order valence-corrected chi connectivity index (χ0v) is 20.5. The molecule has 36 heavy (non-hydrogen) atoms. The van der Waals surface area contributed by atoms with Crippen molar-refractivity contribution in [1.82, 2.24) is 14.1 Å². The van der Waals surface area contributed by atoms with Crippen LogP contribution in [-0.4, -0.2) is 19.2 Å².